The van der Waals surface area contributed by atoms with Crippen molar-refractivity contribution >= 4 is 51.8 Å². The number of benzene rings is 1. The summed E-state index contributed by atoms with van der Waals surface area (Å²) < 4.78 is 5.82. The van der Waals surface area contributed by atoms with Crippen molar-refractivity contribution in [2.75, 3.05) is 16.0 Å². The fraction of sp³-hybridized carbons (Fsp3) is 0.240. The number of furan rings is 1. The Hall–Kier alpha value is -3.98. The van der Waals surface area contributed by atoms with Crippen LogP contribution in [0.4, 0.5) is 17.5 Å². The van der Waals surface area contributed by atoms with E-state index in [0.29, 0.717) is 46.3 Å². The molecule has 178 valence electrons. The number of halogens is 1. The van der Waals surface area contributed by atoms with Crippen molar-refractivity contribution in [3.05, 3.63) is 71.8 Å². The summed E-state index contributed by atoms with van der Waals surface area (Å²) in [5.41, 5.74) is 0.864. The van der Waals surface area contributed by atoms with Gasteiger partial charge in [-0.15, -0.1) is 0 Å². The number of para-hydroxylation sites is 1. The predicted molar refractivity (Wildman–Crippen MR) is 133 cm³/mol. The van der Waals surface area contributed by atoms with Crippen LogP contribution < -0.4 is 16.0 Å². The van der Waals surface area contributed by atoms with E-state index in [4.69, 9.17) is 16.0 Å². The number of pyridine rings is 1. The molecular formula is C25H23ClN6O3. The number of carbonyl (C=O) groups excluding carboxylic acids is 2. The van der Waals surface area contributed by atoms with Crippen molar-refractivity contribution < 1.29 is 14.0 Å². The summed E-state index contributed by atoms with van der Waals surface area (Å²) in [6.45, 7) is 0. The minimum Gasteiger partial charge on any atom is -0.449 e. The molecule has 9 nitrogen and oxygen atoms in total. The molecule has 35 heavy (non-hydrogen) atoms. The quantitative estimate of drug-likeness (QED) is 0.342. The van der Waals surface area contributed by atoms with Gasteiger partial charge in [0.2, 0.25) is 17.6 Å². The molecule has 0 spiro atoms. The smallest absolute Gasteiger partial charge is 0.294 e. The van der Waals surface area contributed by atoms with Gasteiger partial charge in [-0.3, -0.25) is 9.59 Å². The molecular weight excluding hydrogens is 468 g/mol. The van der Waals surface area contributed by atoms with Gasteiger partial charge in [-0.2, -0.15) is 0 Å². The molecule has 3 heterocycles. The molecule has 0 saturated heterocycles. The summed E-state index contributed by atoms with van der Waals surface area (Å²) in [5, 5.41) is 10.1. The summed E-state index contributed by atoms with van der Waals surface area (Å²) in [7, 11) is 0. The maximum atomic E-state index is 13.2. The average molecular weight is 491 g/mol. The van der Waals surface area contributed by atoms with E-state index in [2.05, 4.69) is 30.9 Å². The van der Waals surface area contributed by atoms with Crippen molar-refractivity contribution in [2.24, 2.45) is 5.92 Å². The second-order valence-electron chi connectivity index (χ2n) is 8.37. The van der Waals surface area contributed by atoms with Gasteiger partial charge >= 0.3 is 0 Å². The van der Waals surface area contributed by atoms with Crippen molar-refractivity contribution in [1.82, 2.24) is 15.0 Å². The van der Waals surface area contributed by atoms with Gasteiger partial charge in [0.25, 0.3) is 5.91 Å². The second kappa shape index (κ2) is 10.1. The summed E-state index contributed by atoms with van der Waals surface area (Å²) in [6, 6.07) is 12.4. The highest BCUT2D eigenvalue weighted by Gasteiger charge is 2.29. The van der Waals surface area contributed by atoms with E-state index in [1.807, 2.05) is 18.2 Å². The van der Waals surface area contributed by atoms with Crippen molar-refractivity contribution in [1.29, 1.82) is 0 Å². The van der Waals surface area contributed by atoms with Crippen molar-refractivity contribution in [2.45, 2.75) is 31.7 Å². The van der Waals surface area contributed by atoms with Crippen LogP contribution in [-0.4, -0.2) is 32.8 Å². The number of rotatable bonds is 6. The molecule has 2 amide bonds. The van der Waals surface area contributed by atoms with Crippen LogP contribution in [0.15, 0.2) is 65.5 Å². The van der Waals surface area contributed by atoms with Gasteiger partial charge in [0.15, 0.2) is 0 Å². The van der Waals surface area contributed by atoms with Gasteiger partial charge in [-0.05, 0) is 56.0 Å². The van der Waals surface area contributed by atoms with Crippen molar-refractivity contribution in [3.8, 4) is 0 Å². The molecule has 1 fully saturated rings. The topological polar surface area (TPSA) is 122 Å². The Kier molecular flexibility index (Phi) is 6.58. The molecule has 5 rings (SSSR count). The van der Waals surface area contributed by atoms with Crippen LogP contribution >= 0.6 is 11.6 Å². The lowest BCUT2D eigenvalue weighted by Crippen LogP contribution is -2.32. The van der Waals surface area contributed by atoms with E-state index < -0.39 is 5.91 Å². The van der Waals surface area contributed by atoms with Crippen LogP contribution in [0.2, 0.25) is 5.02 Å². The number of nitrogens with one attached hydrogen (secondary N) is 3. The molecule has 1 aliphatic carbocycles. The number of carbonyl (C=O) groups is 2. The zero-order valence-electron chi connectivity index (χ0n) is 18.7. The molecule has 1 saturated carbocycles. The van der Waals surface area contributed by atoms with Crippen LogP contribution in [0.25, 0.3) is 11.0 Å². The van der Waals surface area contributed by atoms with Crippen LogP contribution in [0.1, 0.15) is 36.2 Å². The second-order valence-corrected chi connectivity index (χ2v) is 8.81. The highest BCUT2D eigenvalue weighted by molar-refractivity contribution is 6.30. The first kappa shape index (κ1) is 22.8. The highest BCUT2D eigenvalue weighted by atomic mass is 35.5. The Balaban J connectivity index is 1.29. The molecule has 0 bridgehead atoms. The summed E-state index contributed by atoms with van der Waals surface area (Å²) >= 11 is 5.87. The van der Waals surface area contributed by atoms with E-state index >= 15 is 0 Å². The third kappa shape index (κ3) is 5.25. The zero-order chi connectivity index (χ0) is 24.2. The lowest BCUT2D eigenvalue weighted by atomic mass is 9.85. The van der Waals surface area contributed by atoms with Gasteiger partial charge in [-0.1, -0.05) is 23.7 Å². The Labute approximate surface area is 206 Å². The van der Waals surface area contributed by atoms with E-state index in [1.165, 1.54) is 6.20 Å². The molecule has 0 radical (unpaired) electrons. The first-order valence-electron chi connectivity index (χ1n) is 11.4. The first-order chi connectivity index (χ1) is 17.1. The first-order valence-corrected chi connectivity index (χ1v) is 11.7. The Morgan fingerprint density at radius 3 is 2.43 bits per heavy atom. The van der Waals surface area contributed by atoms with E-state index in [1.54, 1.807) is 36.7 Å². The summed E-state index contributed by atoms with van der Waals surface area (Å²) in [6.07, 6.45) is 7.88. The number of anilines is 3. The van der Waals surface area contributed by atoms with Gasteiger partial charge in [0.05, 0.1) is 5.02 Å². The van der Waals surface area contributed by atoms with Crippen LogP contribution in [0.5, 0.6) is 0 Å². The highest BCUT2D eigenvalue weighted by Crippen LogP contribution is 2.33. The molecule has 0 atom stereocenters. The summed E-state index contributed by atoms with van der Waals surface area (Å²) in [4.78, 5) is 38.7. The van der Waals surface area contributed by atoms with Crippen molar-refractivity contribution in [3.63, 3.8) is 0 Å². The fourth-order valence-corrected chi connectivity index (χ4v) is 4.35. The van der Waals surface area contributed by atoms with Crippen LogP contribution in [0.3, 0.4) is 0 Å². The number of fused-ring (bicyclic) bond motifs is 1. The maximum Gasteiger partial charge on any atom is 0.294 e. The van der Waals surface area contributed by atoms with Gasteiger partial charge < -0.3 is 20.4 Å². The predicted octanol–water partition coefficient (Wildman–Crippen LogP) is 5.13. The number of amides is 2. The molecule has 1 aromatic carbocycles. The zero-order valence-corrected chi connectivity index (χ0v) is 19.5. The van der Waals surface area contributed by atoms with E-state index in [0.717, 1.165) is 12.8 Å². The molecule has 10 heteroatoms. The molecule has 0 aliphatic heterocycles. The lowest BCUT2D eigenvalue weighted by molar-refractivity contribution is -0.120. The fourth-order valence-electron chi connectivity index (χ4n) is 4.23. The lowest BCUT2D eigenvalue weighted by Gasteiger charge is -2.28. The molecule has 3 aromatic heterocycles. The minimum absolute atomic E-state index is 0.0212. The van der Waals surface area contributed by atoms with Gasteiger partial charge in [-0.25, -0.2) is 15.0 Å². The van der Waals surface area contributed by atoms with E-state index in [9.17, 15) is 9.59 Å². The van der Waals surface area contributed by atoms with Crippen LogP contribution in [0, 0.1) is 5.92 Å². The number of nitrogens with zero attached hydrogens (tertiary/aromatic N) is 3. The molecule has 4 aromatic rings. The van der Waals surface area contributed by atoms with Gasteiger partial charge in [0, 0.05) is 35.9 Å². The Morgan fingerprint density at radius 2 is 1.69 bits per heavy atom. The number of hydrogen-bond donors (Lipinski definition) is 3. The largest absolute Gasteiger partial charge is 0.449 e. The SMILES string of the molecule is O=C(Nc1ccc(Cl)cn1)c1oc2ccccc2c1NC(=O)[C@H]1CC[C@H](Nc2ncccn2)CC1. The molecule has 3 N–H and O–H groups in total. The number of aromatic nitrogens is 3. The third-order valence-electron chi connectivity index (χ3n) is 6.02. The van der Waals surface area contributed by atoms with E-state index in [-0.39, 0.29) is 23.6 Å². The van der Waals surface area contributed by atoms with Crippen LogP contribution in [-0.2, 0) is 4.79 Å². The molecule has 1 aliphatic rings. The monoisotopic (exact) mass is 490 g/mol. The maximum absolute atomic E-state index is 13.2. The third-order valence-corrected chi connectivity index (χ3v) is 6.24. The average Bonchev–Trinajstić information content (AvgIpc) is 3.25. The Morgan fingerprint density at radius 1 is 0.914 bits per heavy atom. The Bertz CT molecular complexity index is 1330. The molecule has 0 unspecified atom stereocenters. The summed E-state index contributed by atoms with van der Waals surface area (Å²) in [5.74, 6) is 0.119. The minimum atomic E-state index is -0.512. The standard InChI is InChI=1S/C25H23ClN6O3/c26-16-8-11-20(29-14-16)31-24(34)22-21(18-4-1-2-5-19(18)35-22)32-23(33)15-6-9-17(10-7-15)30-25-27-12-3-13-28-25/h1-5,8,11-15,17H,6-7,9-10H2,(H,32,33)(H,27,28,30)(H,29,31,34)/t15-,17-. The van der Waals surface area contributed by atoms with Gasteiger partial charge in [0.1, 0.15) is 17.1 Å². The number of hydrogen-bond acceptors (Lipinski definition) is 7. The normalized spacial score (nSPS) is 17.6.